The molecule has 0 aliphatic carbocycles. The van der Waals surface area contributed by atoms with Crippen molar-refractivity contribution < 1.29 is 14.3 Å². The van der Waals surface area contributed by atoms with Gasteiger partial charge in [0.25, 0.3) is 0 Å². The van der Waals surface area contributed by atoms with E-state index in [9.17, 15) is 9.59 Å². The maximum absolute atomic E-state index is 12.6. The summed E-state index contributed by atoms with van der Waals surface area (Å²) in [4.78, 5) is 31.2. The predicted molar refractivity (Wildman–Crippen MR) is 113 cm³/mol. The Bertz CT molecular complexity index is 853. The first-order chi connectivity index (χ1) is 14.0. The van der Waals surface area contributed by atoms with E-state index in [1.807, 2.05) is 55.1 Å². The summed E-state index contributed by atoms with van der Waals surface area (Å²) in [6.07, 6.45) is 4.38. The highest BCUT2D eigenvalue weighted by molar-refractivity contribution is 5.92. The Morgan fingerprint density at radius 3 is 2.90 bits per heavy atom. The molecule has 2 aromatic rings. The number of aromatic nitrogens is 1. The van der Waals surface area contributed by atoms with Crippen molar-refractivity contribution >= 4 is 17.6 Å². The van der Waals surface area contributed by atoms with E-state index < -0.39 is 0 Å². The Hall–Kier alpha value is -2.89. The van der Waals surface area contributed by atoms with Crippen molar-refractivity contribution in [1.29, 1.82) is 0 Å². The number of benzene rings is 1. The first kappa shape index (κ1) is 20.8. The number of nitrogens with zero attached hydrogens (tertiary/aromatic N) is 2. The molecule has 1 unspecified atom stereocenters. The van der Waals surface area contributed by atoms with Gasteiger partial charge in [-0.25, -0.2) is 4.98 Å². The van der Waals surface area contributed by atoms with Gasteiger partial charge >= 0.3 is 0 Å². The normalized spacial score (nSPS) is 16.3. The number of hydrogen-bond donors (Lipinski definition) is 1. The number of anilines is 1. The van der Waals surface area contributed by atoms with Crippen LogP contribution in [-0.4, -0.2) is 41.4 Å². The molecule has 1 atom stereocenters. The lowest BCUT2D eigenvalue weighted by molar-refractivity contribution is -0.134. The topological polar surface area (TPSA) is 71.5 Å². The maximum Gasteiger partial charge on any atom is 0.230 e. The van der Waals surface area contributed by atoms with Crippen molar-refractivity contribution in [2.45, 2.75) is 39.5 Å². The summed E-state index contributed by atoms with van der Waals surface area (Å²) < 4.78 is 5.72. The molecule has 0 spiro atoms. The van der Waals surface area contributed by atoms with Crippen LogP contribution in [-0.2, 0) is 9.59 Å². The van der Waals surface area contributed by atoms with E-state index >= 15 is 0 Å². The van der Waals surface area contributed by atoms with E-state index in [1.165, 1.54) is 0 Å². The highest BCUT2D eigenvalue weighted by Crippen LogP contribution is 2.20. The standard InChI is InChI=1S/C23H29N3O3/c1-17-7-3-10-20(15-17)29-14-6-11-21(27)26-13-5-9-19(16-26)23(28)25-22-18(2)8-4-12-24-22/h3-4,7-8,10,12,15,19H,5-6,9,11,13-14,16H2,1-2H3,(H,24,25,28). The summed E-state index contributed by atoms with van der Waals surface area (Å²) in [7, 11) is 0. The minimum absolute atomic E-state index is 0.0629. The Labute approximate surface area is 172 Å². The van der Waals surface area contributed by atoms with E-state index in [4.69, 9.17) is 4.74 Å². The molecule has 1 aromatic heterocycles. The highest BCUT2D eigenvalue weighted by atomic mass is 16.5. The summed E-state index contributed by atoms with van der Waals surface area (Å²) in [5.74, 6) is 1.25. The highest BCUT2D eigenvalue weighted by Gasteiger charge is 2.28. The molecule has 2 amide bonds. The average Bonchev–Trinajstić information content (AvgIpc) is 2.73. The molecule has 1 saturated heterocycles. The molecule has 6 nitrogen and oxygen atoms in total. The summed E-state index contributed by atoms with van der Waals surface area (Å²) >= 11 is 0. The largest absolute Gasteiger partial charge is 0.494 e. The summed E-state index contributed by atoms with van der Waals surface area (Å²) in [6.45, 7) is 5.62. The van der Waals surface area contributed by atoms with Crippen LogP contribution < -0.4 is 10.1 Å². The molecule has 0 radical (unpaired) electrons. The fourth-order valence-electron chi connectivity index (χ4n) is 3.53. The number of amides is 2. The third-order valence-electron chi connectivity index (χ3n) is 5.19. The molecule has 3 rings (SSSR count). The summed E-state index contributed by atoms with van der Waals surface area (Å²) in [6, 6.07) is 11.6. The van der Waals surface area contributed by atoms with Crippen molar-refractivity contribution in [1.82, 2.24) is 9.88 Å². The second-order valence-corrected chi connectivity index (χ2v) is 7.61. The zero-order valence-corrected chi connectivity index (χ0v) is 17.2. The molecule has 1 aromatic carbocycles. The van der Waals surface area contributed by atoms with Crippen LogP contribution in [0.25, 0.3) is 0 Å². The lowest BCUT2D eigenvalue weighted by Gasteiger charge is -2.32. The lowest BCUT2D eigenvalue weighted by atomic mass is 9.96. The van der Waals surface area contributed by atoms with Crippen LogP contribution >= 0.6 is 0 Å². The van der Waals surface area contributed by atoms with Crippen molar-refractivity contribution in [3.63, 3.8) is 0 Å². The van der Waals surface area contributed by atoms with Gasteiger partial charge in [0.2, 0.25) is 11.8 Å². The maximum atomic E-state index is 12.6. The second-order valence-electron chi connectivity index (χ2n) is 7.61. The number of rotatable bonds is 7. The Kier molecular flexibility index (Phi) is 7.22. The van der Waals surface area contributed by atoms with E-state index in [0.29, 0.717) is 38.4 Å². The first-order valence-corrected chi connectivity index (χ1v) is 10.2. The molecule has 2 heterocycles. The van der Waals surface area contributed by atoms with Crippen molar-refractivity contribution in [2.75, 3.05) is 25.0 Å². The Balaban J connectivity index is 1.44. The molecule has 1 fully saturated rings. The third kappa shape index (κ3) is 6.04. The fraction of sp³-hybridized carbons (Fsp3) is 0.435. The molecule has 6 heteroatoms. The van der Waals surface area contributed by atoms with E-state index in [1.54, 1.807) is 6.20 Å². The van der Waals surface area contributed by atoms with Gasteiger partial charge in [0.1, 0.15) is 11.6 Å². The van der Waals surface area contributed by atoms with Gasteiger partial charge in [0.05, 0.1) is 12.5 Å². The zero-order valence-electron chi connectivity index (χ0n) is 17.2. The number of hydrogen-bond acceptors (Lipinski definition) is 4. The van der Waals surface area contributed by atoms with E-state index in [-0.39, 0.29) is 17.7 Å². The van der Waals surface area contributed by atoms with Gasteiger partial charge in [0.15, 0.2) is 0 Å². The molecule has 154 valence electrons. The quantitative estimate of drug-likeness (QED) is 0.725. The fourth-order valence-corrected chi connectivity index (χ4v) is 3.53. The number of carbonyl (C=O) groups is 2. The molecular weight excluding hydrogens is 366 g/mol. The Morgan fingerprint density at radius 1 is 1.24 bits per heavy atom. The monoisotopic (exact) mass is 395 g/mol. The van der Waals surface area contributed by atoms with Crippen LogP contribution in [0.3, 0.4) is 0 Å². The van der Waals surface area contributed by atoms with Crippen molar-refractivity contribution in [3.05, 3.63) is 53.7 Å². The minimum Gasteiger partial charge on any atom is -0.494 e. The lowest BCUT2D eigenvalue weighted by Crippen LogP contribution is -2.43. The SMILES string of the molecule is Cc1cccc(OCCCC(=O)N2CCCC(C(=O)Nc3ncccc3C)C2)c1. The molecule has 1 N–H and O–H groups in total. The van der Waals surface area contributed by atoms with Gasteiger partial charge < -0.3 is 15.0 Å². The molecule has 1 aliphatic rings. The smallest absolute Gasteiger partial charge is 0.230 e. The van der Waals surface area contributed by atoms with Gasteiger partial charge in [-0.05, 0) is 62.4 Å². The number of ether oxygens (including phenoxy) is 1. The van der Waals surface area contributed by atoms with Gasteiger partial charge in [0, 0.05) is 25.7 Å². The number of carbonyl (C=O) groups excluding carboxylic acids is 2. The zero-order chi connectivity index (χ0) is 20.6. The molecule has 0 bridgehead atoms. The number of pyridine rings is 1. The second kappa shape index (κ2) is 10.0. The van der Waals surface area contributed by atoms with Crippen molar-refractivity contribution in [2.24, 2.45) is 5.92 Å². The van der Waals surface area contributed by atoms with Crippen LogP contribution in [0.5, 0.6) is 5.75 Å². The number of nitrogens with one attached hydrogen (secondary N) is 1. The van der Waals surface area contributed by atoms with Crippen molar-refractivity contribution in [3.8, 4) is 5.75 Å². The van der Waals surface area contributed by atoms with Gasteiger partial charge in [-0.2, -0.15) is 0 Å². The molecular formula is C23H29N3O3. The van der Waals surface area contributed by atoms with Gasteiger partial charge in [-0.15, -0.1) is 0 Å². The van der Waals surface area contributed by atoms with Crippen LogP contribution in [0.4, 0.5) is 5.82 Å². The van der Waals surface area contributed by atoms with Gasteiger partial charge in [-0.1, -0.05) is 18.2 Å². The molecule has 1 aliphatic heterocycles. The number of piperidine rings is 1. The van der Waals surface area contributed by atoms with Crippen LogP contribution in [0, 0.1) is 19.8 Å². The number of aryl methyl sites for hydroxylation is 2. The molecule has 29 heavy (non-hydrogen) atoms. The summed E-state index contributed by atoms with van der Waals surface area (Å²) in [5.41, 5.74) is 2.08. The summed E-state index contributed by atoms with van der Waals surface area (Å²) in [5, 5.41) is 2.91. The van der Waals surface area contributed by atoms with Crippen LogP contribution in [0.2, 0.25) is 0 Å². The average molecular weight is 396 g/mol. The van der Waals surface area contributed by atoms with Crippen LogP contribution in [0.15, 0.2) is 42.6 Å². The first-order valence-electron chi connectivity index (χ1n) is 10.2. The van der Waals surface area contributed by atoms with E-state index in [2.05, 4.69) is 10.3 Å². The third-order valence-corrected chi connectivity index (χ3v) is 5.19. The Morgan fingerprint density at radius 2 is 2.10 bits per heavy atom. The number of likely N-dealkylation sites (tertiary alicyclic amines) is 1. The van der Waals surface area contributed by atoms with E-state index in [0.717, 1.165) is 29.7 Å². The predicted octanol–water partition coefficient (Wildman–Crippen LogP) is 3.73. The minimum atomic E-state index is -0.197. The van der Waals surface area contributed by atoms with Gasteiger partial charge in [-0.3, -0.25) is 9.59 Å². The molecule has 0 saturated carbocycles. The van der Waals surface area contributed by atoms with Crippen LogP contribution in [0.1, 0.15) is 36.8 Å².